The first kappa shape index (κ1) is 67.9. The molecule has 0 aromatic carbocycles. The fourth-order valence-electron chi connectivity index (χ4n) is 10.3. The number of rotatable bonds is 60. The summed E-state index contributed by atoms with van der Waals surface area (Å²) in [6.45, 7) is 4.34. The molecule has 0 fully saturated rings. The maximum absolute atomic E-state index is 12.5. The molecule has 0 saturated heterocycles. The van der Waals surface area contributed by atoms with Crippen LogP contribution in [0.5, 0.6) is 0 Å². The molecule has 0 aromatic heterocycles. The topological polar surface area (TPSA) is 69.6 Å². The second-order valence-corrected chi connectivity index (χ2v) is 22.2. The quantitative estimate of drug-likeness (QED) is 0.0420. The van der Waals surface area contributed by atoms with Crippen LogP contribution in [-0.4, -0.2) is 34.9 Å². The standard InChI is InChI=1S/C65H127NO3/c1-3-5-7-9-11-13-15-17-19-21-23-24-25-26-27-28-29-30-31-32-33-34-35-36-37-38-39-40-41-42-43-45-47-49-51-53-55-57-59-61-65(69)66-63(62-67)64(68)60-58-56-54-52-50-48-46-44-22-20-18-16-14-12-10-8-6-4-2/h50,52,58,60,63-64,67-68H,3-49,51,53-57,59,61-62H2,1-2H3,(H,66,69)/b52-50+,60-58+. The molecule has 2 atom stereocenters. The number of carbonyl (C=O) groups excluding carboxylic acids is 1. The fraction of sp³-hybridized carbons (Fsp3) is 0.923. The molecule has 0 spiro atoms. The molecule has 3 N–H and O–H groups in total. The van der Waals surface area contributed by atoms with Gasteiger partial charge in [-0.3, -0.25) is 4.79 Å². The summed E-state index contributed by atoms with van der Waals surface area (Å²) in [7, 11) is 0. The number of carbonyl (C=O) groups is 1. The van der Waals surface area contributed by atoms with E-state index in [1.807, 2.05) is 6.08 Å². The third-order valence-electron chi connectivity index (χ3n) is 15.2. The van der Waals surface area contributed by atoms with Crippen LogP contribution in [0.1, 0.15) is 367 Å². The molecule has 0 aromatic rings. The van der Waals surface area contributed by atoms with Crippen LogP contribution in [0, 0.1) is 0 Å². The molecule has 1 amide bonds. The van der Waals surface area contributed by atoms with Crippen LogP contribution in [0.4, 0.5) is 0 Å². The monoisotopic (exact) mass is 970 g/mol. The summed E-state index contributed by atoms with van der Waals surface area (Å²) >= 11 is 0. The number of nitrogens with one attached hydrogen (secondary N) is 1. The van der Waals surface area contributed by atoms with E-state index in [2.05, 4.69) is 31.3 Å². The van der Waals surface area contributed by atoms with E-state index < -0.39 is 12.1 Å². The molecular formula is C65H127NO3. The zero-order valence-corrected chi connectivity index (χ0v) is 47.4. The molecule has 2 unspecified atom stereocenters. The number of unbranched alkanes of at least 4 members (excludes halogenated alkanes) is 51. The maximum atomic E-state index is 12.5. The van der Waals surface area contributed by atoms with Crippen molar-refractivity contribution in [3.8, 4) is 0 Å². The van der Waals surface area contributed by atoms with Crippen molar-refractivity contribution in [3.05, 3.63) is 24.3 Å². The molecule has 410 valence electrons. The third-order valence-corrected chi connectivity index (χ3v) is 15.2. The van der Waals surface area contributed by atoms with Gasteiger partial charge in [0.05, 0.1) is 18.8 Å². The van der Waals surface area contributed by atoms with Gasteiger partial charge in [0.2, 0.25) is 5.91 Å². The molecule has 0 bridgehead atoms. The minimum Gasteiger partial charge on any atom is -0.394 e. The molecule has 0 aliphatic heterocycles. The Bertz CT molecular complexity index is 1010. The molecule has 0 radical (unpaired) electrons. The van der Waals surface area contributed by atoms with Gasteiger partial charge in [-0.2, -0.15) is 0 Å². The first-order valence-corrected chi connectivity index (χ1v) is 32.1. The first-order chi connectivity index (χ1) is 34.2. The predicted octanol–water partition coefficient (Wildman–Crippen LogP) is 21.4. The molecule has 4 nitrogen and oxygen atoms in total. The van der Waals surface area contributed by atoms with E-state index in [1.54, 1.807) is 6.08 Å². The van der Waals surface area contributed by atoms with Crippen LogP contribution in [-0.2, 0) is 4.79 Å². The zero-order valence-electron chi connectivity index (χ0n) is 47.4. The lowest BCUT2D eigenvalue weighted by Gasteiger charge is -2.19. The van der Waals surface area contributed by atoms with Crippen molar-refractivity contribution in [2.75, 3.05) is 6.61 Å². The van der Waals surface area contributed by atoms with E-state index in [0.717, 1.165) is 32.1 Å². The molecule has 0 aliphatic carbocycles. The second kappa shape index (κ2) is 61.2. The number of hydrogen-bond donors (Lipinski definition) is 3. The van der Waals surface area contributed by atoms with Gasteiger partial charge < -0.3 is 15.5 Å². The largest absolute Gasteiger partial charge is 0.394 e. The summed E-state index contributed by atoms with van der Waals surface area (Å²) in [5, 5.41) is 23.2. The highest BCUT2D eigenvalue weighted by Crippen LogP contribution is 2.19. The van der Waals surface area contributed by atoms with Crippen molar-refractivity contribution in [1.82, 2.24) is 5.32 Å². The second-order valence-electron chi connectivity index (χ2n) is 22.2. The Morgan fingerprint density at radius 2 is 0.565 bits per heavy atom. The van der Waals surface area contributed by atoms with Crippen molar-refractivity contribution >= 4 is 5.91 Å². The van der Waals surface area contributed by atoms with Crippen molar-refractivity contribution in [2.24, 2.45) is 0 Å². The lowest BCUT2D eigenvalue weighted by Crippen LogP contribution is -2.45. The Hall–Kier alpha value is -1.13. The van der Waals surface area contributed by atoms with Crippen LogP contribution in [0.25, 0.3) is 0 Å². The van der Waals surface area contributed by atoms with E-state index in [9.17, 15) is 15.0 Å². The first-order valence-electron chi connectivity index (χ1n) is 32.1. The third kappa shape index (κ3) is 57.6. The number of aliphatic hydroxyl groups is 2. The van der Waals surface area contributed by atoms with Crippen LogP contribution >= 0.6 is 0 Å². The predicted molar refractivity (Wildman–Crippen MR) is 309 cm³/mol. The highest BCUT2D eigenvalue weighted by molar-refractivity contribution is 5.76. The van der Waals surface area contributed by atoms with E-state index in [4.69, 9.17) is 0 Å². The van der Waals surface area contributed by atoms with E-state index >= 15 is 0 Å². The van der Waals surface area contributed by atoms with Gasteiger partial charge in [-0.15, -0.1) is 0 Å². The van der Waals surface area contributed by atoms with Crippen molar-refractivity contribution in [2.45, 2.75) is 379 Å². The molecule has 4 heteroatoms. The van der Waals surface area contributed by atoms with E-state index in [0.29, 0.717) is 6.42 Å². The van der Waals surface area contributed by atoms with Crippen molar-refractivity contribution in [3.63, 3.8) is 0 Å². The Kier molecular flexibility index (Phi) is 60.2. The van der Waals surface area contributed by atoms with E-state index in [1.165, 1.54) is 315 Å². The van der Waals surface area contributed by atoms with Crippen molar-refractivity contribution in [1.29, 1.82) is 0 Å². The van der Waals surface area contributed by atoms with Gasteiger partial charge in [-0.05, 0) is 32.1 Å². The minimum absolute atomic E-state index is 0.0659. The normalized spacial score (nSPS) is 12.8. The number of aliphatic hydroxyl groups excluding tert-OH is 2. The molecule has 0 saturated carbocycles. The molecular weight excluding hydrogens is 843 g/mol. The average molecular weight is 971 g/mol. The fourth-order valence-corrected chi connectivity index (χ4v) is 10.3. The Balaban J connectivity index is 3.38. The summed E-state index contributed by atoms with van der Waals surface area (Å²) in [6.07, 6.45) is 82.6. The molecule has 0 rings (SSSR count). The maximum Gasteiger partial charge on any atom is 0.220 e. The minimum atomic E-state index is -0.860. The van der Waals surface area contributed by atoms with Gasteiger partial charge in [-0.25, -0.2) is 0 Å². The van der Waals surface area contributed by atoms with Gasteiger partial charge in [0.25, 0.3) is 0 Å². The highest BCUT2D eigenvalue weighted by atomic mass is 16.3. The van der Waals surface area contributed by atoms with Crippen LogP contribution in [0.2, 0.25) is 0 Å². The van der Waals surface area contributed by atoms with Gasteiger partial charge in [0.15, 0.2) is 0 Å². The summed E-state index contributed by atoms with van der Waals surface area (Å²) in [5.74, 6) is -0.0659. The lowest BCUT2D eigenvalue weighted by atomic mass is 10.0. The molecule has 0 heterocycles. The zero-order chi connectivity index (χ0) is 49.9. The Morgan fingerprint density at radius 1 is 0.333 bits per heavy atom. The SMILES string of the molecule is CCCCCCCCCCCCCC/C=C/CC/C=C/C(O)C(CO)NC(=O)CCCCCCCCCCCCCCCCCCCCCCCCCCCCCCCCCCCCCCCCC. The van der Waals surface area contributed by atoms with E-state index in [-0.39, 0.29) is 12.5 Å². The number of allylic oxidation sites excluding steroid dienone is 3. The highest BCUT2D eigenvalue weighted by Gasteiger charge is 2.18. The van der Waals surface area contributed by atoms with Crippen LogP contribution in [0.3, 0.4) is 0 Å². The smallest absolute Gasteiger partial charge is 0.220 e. The van der Waals surface area contributed by atoms with Gasteiger partial charge >= 0.3 is 0 Å². The molecule has 69 heavy (non-hydrogen) atoms. The molecule has 0 aliphatic rings. The van der Waals surface area contributed by atoms with Gasteiger partial charge in [-0.1, -0.05) is 353 Å². The Morgan fingerprint density at radius 3 is 0.841 bits per heavy atom. The van der Waals surface area contributed by atoms with Gasteiger partial charge in [0.1, 0.15) is 0 Å². The summed E-state index contributed by atoms with van der Waals surface area (Å²) in [4.78, 5) is 12.5. The van der Waals surface area contributed by atoms with Crippen LogP contribution < -0.4 is 5.32 Å². The summed E-state index contributed by atoms with van der Waals surface area (Å²) in [6, 6.07) is -0.636. The lowest BCUT2D eigenvalue weighted by molar-refractivity contribution is -0.123. The van der Waals surface area contributed by atoms with Gasteiger partial charge in [0, 0.05) is 6.42 Å². The number of amides is 1. The summed E-state index contributed by atoms with van der Waals surface area (Å²) < 4.78 is 0. The number of hydrogen-bond acceptors (Lipinski definition) is 3. The Labute approximate surface area is 434 Å². The van der Waals surface area contributed by atoms with Crippen molar-refractivity contribution < 1.29 is 15.0 Å². The average Bonchev–Trinajstić information content (AvgIpc) is 3.35. The summed E-state index contributed by atoms with van der Waals surface area (Å²) in [5.41, 5.74) is 0. The van der Waals surface area contributed by atoms with Crippen LogP contribution in [0.15, 0.2) is 24.3 Å².